The predicted octanol–water partition coefficient (Wildman–Crippen LogP) is 0.635. The molecule has 1 unspecified atom stereocenters. The van der Waals surface area contributed by atoms with E-state index in [0.717, 1.165) is 0 Å². The zero-order chi connectivity index (χ0) is 20.2. The Hall–Kier alpha value is -2.46. The number of benzene rings is 1. The third-order valence-corrected chi connectivity index (χ3v) is 6.28. The highest BCUT2D eigenvalue weighted by molar-refractivity contribution is 7.89. The van der Waals surface area contributed by atoms with Crippen LogP contribution in [0.4, 0.5) is 5.69 Å². The van der Waals surface area contributed by atoms with Crippen LogP contribution in [0.2, 0.25) is 0 Å². The Bertz CT molecular complexity index is 814. The highest BCUT2D eigenvalue weighted by Gasteiger charge is 2.32. The van der Waals surface area contributed by atoms with Gasteiger partial charge in [0.25, 0.3) is 0 Å². The number of anilines is 1. The lowest BCUT2D eigenvalue weighted by molar-refractivity contribution is -0.142. The largest absolute Gasteiger partial charge is 0.480 e. The van der Waals surface area contributed by atoms with E-state index in [1.807, 2.05) is 0 Å². The second-order valence-corrected chi connectivity index (χ2v) is 8.39. The van der Waals surface area contributed by atoms with Gasteiger partial charge >= 0.3 is 5.97 Å². The van der Waals surface area contributed by atoms with Crippen LogP contribution in [-0.2, 0) is 24.4 Å². The van der Waals surface area contributed by atoms with Crippen LogP contribution in [0.5, 0.6) is 0 Å². The zero-order valence-corrected chi connectivity index (χ0v) is 16.0. The molecule has 1 heterocycles. The quantitative estimate of drug-likeness (QED) is 0.645. The SMILES string of the molecule is CC(=O)Nc1ccc(S(=O)(=O)N2CCC(C(=O)NC(C)C(=O)O)CC2)cc1. The number of nitrogens with one attached hydrogen (secondary N) is 2. The number of nitrogens with zero attached hydrogens (tertiary/aromatic N) is 1. The standard InChI is InChI=1S/C17H23N3O6S/c1-11(17(23)24)18-16(22)13-7-9-20(10-8-13)27(25,26)15-5-3-14(4-6-15)19-12(2)21/h3-6,11,13H,7-10H2,1-2H3,(H,18,22)(H,19,21)(H,23,24). The average Bonchev–Trinajstić information content (AvgIpc) is 2.61. The maximum absolute atomic E-state index is 12.7. The molecule has 1 saturated heterocycles. The minimum absolute atomic E-state index is 0.110. The van der Waals surface area contributed by atoms with Gasteiger partial charge in [-0.2, -0.15) is 4.31 Å². The smallest absolute Gasteiger partial charge is 0.325 e. The van der Waals surface area contributed by atoms with Gasteiger partial charge in [-0.15, -0.1) is 0 Å². The molecule has 0 aliphatic carbocycles. The van der Waals surface area contributed by atoms with Crippen molar-refractivity contribution in [2.75, 3.05) is 18.4 Å². The second-order valence-electron chi connectivity index (χ2n) is 6.45. The molecule has 0 aromatic heterocycles. The van der Waals surface area contributed by atoms with Gasteiger partial charge in [-0.05, 0) is 44.0 Å². The van der Waals surface area contributed by atoms with Crippen LogP contribution < -0.4 is 10.6 Å². The van der Waals surface area contributed by atoms with Crippen LogP contribution in [0, 0.1) is 5.92 Å². The molecule has 1 aromatic carbocycles. The van der Waals surface area contributed by atoms with Crippen molar-refractivity contribution in [3.05, 3.63) is 24.3 Å². The molecular formula is C17H23N3O6S. The predicted molar refractivity (Wildman–Crippen MR) is 97.5 cm³/mol. The van der Waals surface area contributed by atoms with Gasteiger partial charge in [-0.25, -0.2) is 8.42 Å². The van der Waals surface area contributed by atoms with Crippen LogP contribution in [0.25, 0.3) is 0 Å². The molecule has 148 valence electrons. The first-order valence-electron chi connectivity index (χ1n) is 8.52. The topological polar surface area (TPSA) is 133 Å². The minimum atomic E-state index is -3.70. The molecule has 1 aliphatic heterocycles. The first-order valence-corrected chi connectivity index (χ1v) is 9.96. The number of hydrogen-bond donors (Lipinski definition) is 3. The van der Waals surface area contributed by atoms with Crippen LogP contribution >= 0.6 is 0 Å². The summed E-state index contributed by atoms with van der Waals surface area (Å²) < 4.78 is 26.8. The number of carboxylic acids is 1. The van der Waals surface area contributed by atoms with E-state index in [2.05, 4.69) is 10.6 Å². The second kappa shape index (κ2) is 8.49. The van der Waals surface area contributed by atoms with E-state index in [-0.39, 0.29) is 29.8 Å². The number of sulfonamides is 1. The van der Waals surface area contributed by atoms with Gasteiger partial charge in [0.15, 0.2) is 0 Å². The first-order chi connectivity index (χ1) is 12.6. The van der Waals surface area contributed by atoms with E-state index in [9.17, 15) is 22.8 Å². The Morgan fingerprint density at radius 3 is 2.19 bits per heavy atom. The van der Waals surface area contributed by atoms with E-state index >= 15 is 0 Å². The molecule has 1 aromatic rings. The lowest BCUT2D eigenvalue weighted by Gasteiger charge is -2.30. The molecule has 1 aliphatic rings. The van der Waals surface area contributed by atoms with Crippen molar-refractivity contribution in [2.45, 2.75) is 37.6 Å². The Morgan fingerprint density at radius 1 is 1.15 bits per heavy atom. The van der Waals surface area contributed by atoms with Crippen molar-refractivity contribution in [3.8, 4) is 0 Å². The molecule has 0 spiro atoms. The van der Waals surface area contributed by atoms with E-state index in [1.54, 1.807) is 0 Å². The van der Waals surface area contributed by atoms with E-state index in [1.165, 1.54) is 42.4 Å². The lowest BCUT2D eigenvalue weighted by atomic mass is 9.97. The Balaban J connectivity index is 1.98. The molecule has 2 rings (SSSR count). The Labute approximate surface area is 157 Å². The zero-order valence-electron chi connectivity index (χ0n) is 15.1. The van der Waals surface area contributed by atoms with Gasteiger partial charge < -0.3 is 15.7 Å². The Morgan fingerprint density at radius 2 is 1.70 bits per heavy atom. The molecule has 2 amide bonds. The van der Waals surface area contributed by atoms with Gasteiger partial charge in [0.05, 0.1) is 4.90 Å². The van der Waals surface area contributed by atoms with Crippen LogP contribution in [0.1, 0.15) is 26.7 Å². The van der Waals surface area contributed by atoms with Crippen LogP contribution in [0.3, 0.4) is 0 Å². The summed E-state index contributed by atoms with van der Waals surface area (Å²) in [5.41, 5.74) is 0.504. The summed E-state index contributed by atoms with van der Waals surface area (Å²) in [5.74, 6) is -2.16. The van der Waals surface area contributed by atoms with Crippen molar-refractivity contribution < 1.29 is 27.9 Å². The van der Waals surface area contributed by atoms with Crippen molar-refractivity contribution in [3.63, 3.8) is 0 Å². The fraction of sp³-hybridized carbons (Fsp3) is 0.471. The summed E-state index contributed by atoms with van der Waals surface area (Å²) in [7, 11) is -3.70. The van der Waals surface area contributed by atoms with Crippen molar-refractivity contribution >= 4 is 33.5 Å². The number of hydrogen-bond acceptors (Lipinski definition) is 5. The van der Waals surface area contributed by atoms with E-state index < -0.39 is 28.0 Å². The number of carbonyl (C=O) groups is 3. The molecular weight excluding hydrogens is 374 g/mol. The highest BCUT2D eigenvalue weighted by atomic mass is 32.2. The summed E-state index contributed by atoms with van der Waals surface area (Å²) in [5, 5.41) is 13.8. The third-order valence-electron chi connectivity index (χ3n) is 4.37. The van der Waals surface area contributed by atoms with Crippen molar-refractivity contribution in [1.29, 1.82) is 0 Å². The summed E-state index contributed by atoms with van der Waals surface area (Å²) >= 11 is 0. The fourth-order valence-corrected chi connectivity index (χ4v) is 4.28. The number of rotatable bonds is 6. The number of carbonyl (C=O) groups excluding carboxylic acids is 2. The summed E-state index contributed by atoms with van der Waals surface area (Å²) in [4.78, 5) is 34.0. The molecule has 1 atom stereocenters. The van der Waals surface area contributed by atoms with Crippen molar-refractivity contribution in [1.82, 2.24) is 9.62 Å². The van der Waals surface area contributed by atoms with Gasteiger partial charge in [0, 0.05) is 31.6 Å². The van der Waals surface area contributed by atoms with Gasteiger partial charge in [0.1, 0.15) is 6.04 Å². The average molecular weight is 397 g/mol. The van der Waals surface area contributed by atoms with Gasteiger partial charge in [0.2, 0.25) is 21.8 Å². The summed E-state index contributed by atoms with van der Waals surface area (Å²) in [6, 6.07) is 4.90. The number of aliphatic carboxylic acids is 1. The normalized spacial score (nSPS) is 17.1. The van der Waals surface area contributed by atoms with Crippen molar-refractivity contribution in [2.24, 2.45) is 5.92 Å². The molecule has 1 fully saturated rings. The molecule has 3 N–H and O–H groups in total. The molecule has 0 radical (unpaired) electrons. The van der Waals surface area contributed by atoms with Gasteiger partial charge in [-0.1, -0.05) is 0 Å². The van der Waals surface area contributed by atoms with E-state index in [0.29, 0.717) is 18.5 Å². The van der Waals surface area contributed by atoms with Crippen LogP contribution in [0.15, 0.2) is 29.2 Å². The summed E-state index contributed by atoms with van der Waals surface area (Å²) in [6.45, 7) is 3.09. The van der Waals surface area contributed by atoms with E-state index in [4.69, 9.17) is 5.11 Å². The number of amides is 2. The number of piperidine rings is 1. The maximum Gasteiger partial charge on any atom is 0.325 e. The minimum Gasteiger partial charge on any atom is -0.480 e. The first kappa shape index (κ1) is 20.8. The molecule has 0 bridgehead atoms. The monoisotopic (exact) mass is 397 g/mol. The lowest BCUT2D eigenvalue weighted by Crippen LogP contribution is -2.46. The molecule has 0 saturated carbocycles. The molecule has 9 nitrogen and oxygen atoms in total. The van der Waals surface area contributed by atoms with Gasteiger partial charge in [-0.3, -0.25) is 14.4 Å². The summed E-state index contributed by atoms with van der Waals surface area (Å²) in [6.07, 6.45) is 0.642. The number of carboxylic acid groups (broad SMARTS) is 1. The fourth-order valence-electron chi connectivity index (χ4n) is 2.81. The van der Waals surface area contributed by atoms with Crippen LogP contribution in [-0.4, -0.2) is 54.7 Å². The maximum atomic E-state index is 12.7. The molecule has 10 heteroatoms. The Kier molecular flexibility index (Phi) is 6.55. The third kappa shape index (κ3) is 5.27. The molecule has 27 heavy (non-hydrogen) atoms. The highest BCUT2D eigenvalue weighted by Crippen LogP contribution is 2.25.